The molecule has 0 aliphatic heterocycles. The fourth-order valence-corrected chi connectivity index (χ4v) is 3.14. The maximum Gasteiger partial charge on any atom is 0.326 e. The number of hydrogen-bond donors (Lipinski definition) is 2. The number of nitrogens with one attached hydrogen (secondary N) is 2. The first kappa shape index (κ1) is 24.9. The number of carbonyl (C=O) groups excluding carboxylic acids is 2. The van der Waals surface area contributed by atoms with E-state index in [1.807, 2.05) is 31.3 Å². The lowest BCUT2D eigenvalue weighted by Crippen LogP contribution is -2.35. The molecule has 3 aromatic carbocycles. The van der Waals surface area contributed by atoms with Gasteiger partial charge in [-0.3, -0.25) is 10.1 Å². The van der Waals surface area contributed by atoms with E-state index in [9.17, 15) is 18.4 Å². The van der Waals surface area contributed by atoms with Gasteiger partial charge in [-0.15, -0.1) is 0 Å². The molecule has 3 rings (SSSR count). The SMILES string of the molecule is CC(C)/C(=N/OCc1ccc(NC(=O)NC(=O)c2c(F)cccc2F)cc1)c1ccc(Cl)cc1. The van der Waals surface area contributed by atoms with Crippen molar-refractivity contribution in [1.29, 1.82) is 0 Å². The molecule has 0 spiro atoms. The largest absolute Gasteiger partial charge is 0.391 e. The first-order valence-corrected chi connectivity index (χ1v) is 10.7. The number of hydrogen-bond acceptors (Lipinski definition) is 4. The molecular formula is C25H22ClF2N3O3. The highest BCUT2D eigenvalue weighted by molar-refractivity contribution is 6.30. The van der Waals surface area contributed by atoms with Gasteiger partial charge in [0, 0.05) is 10.7 Å². The smallest absolute Gasteiger partial charge is 0.326 e. The molecule has 6 nitrogen and oxygen atoms in total. The van der Waals surface area contributed by atoms with Crippen LogP contribution in [0.1, 0.15) is 35.3 Å². The van der Waals surface area contributed by atoms with Crippen LogP contribution >= 0.6 is 11.6 Å². The Hall–Kier alpha value is -3.78. The zero-order chi connectivity index (χ0) is 24.7. The zero-order valence-corrected chi connectivity index (χ0v) is 19.2. The van der Waals surface area contributed by atoms with E-state index in [2.05, 4.69) is 10.5 Å². The van der Waals surface area contributed by atoms with Gasteiger partial charge in [-0.2, -0.15) is 0 Å². The average Bonchev–Trinajstić information content (AvgIpc) is 2.78. The summed E-state index contributed by atoms with van der Waals surface area (Å²) in [6.45, 7) is 4.21. The van der Waals surface area contributed by atoms with Gasteiger partial charge in [0.2, 0.25) is 0 Å². The summed E-state index contributed by atoms with van der Waals surface area (Å²) in [6, 6.07) is 16.0. The number of oxime groups is 1. The molecule has 0 aliphatic carbocycles. The van der Waals surface area contributed by atoms with Gasteiger partial charge < -0.3 is 10.2 Å². The predicted molar refractivity (Wildman–Crippen MR) is 127 cm³/mol. The lowest BCUT2D eigenvalue weighted by molar-refractivity contribution is 0.0959. The third-order valence-corrected chi connectivity index (χ3v) is 4.96. The maximum absolute atomic E-state index is 13.7. The van der Waals surface area contributed by atoms with Crippen LogP contribution in [0.15, 0.2) is 71.9 Å². The number of amides is 3. The lowest BCUT2D eigenvalue weighted by Gasteiger charge is -2.11. The molecule has 176 valence electrons. The second kappa shape index (κ2) is 11.4. The Morgan fingerprint density at radius 2 is 1.59 bits per heavy atom. The second-order valence-electron chi connectivity index (χ2n) is 7.61. The summed E-state index contributed by atoms with van der Waals surface area (Å²) in [4.78, 5) is 29.5. The van der Waals surface area contributed by atoms with Crippen LogP contribution in [0.25, 0.3) is 0 Å². The fraction of sp³-hybridized carbons (Fsp3) is 0.160. The van der Waals surface area contributed by atoms with E-state index in [0.29, 0.717) is 10.7 Å². The van der Waals surface area contributed by atoms with Crippen LogP contribution in [0.3, 0.4) is 0 Å². The molecule has 0 unspecified atom stereocenters. The van der Waals surface area contributed by atoms with Crippen LogP contribution in [-0.4, -0.2) is 17.6 Å². The number of imide groups is 1. The molecule has 34 heavy (non-hydrogen) atoms. The molecule has 9 heteroatoms. The lowest BCUT2D eigenvalue weighted by atomic mass is 10.0. The highest BCUT2D eigenvalue weighted by Gasteiger charge is 2.19. The van der Waals surface area contributed by atoms with Gasteiger partial charge in [0.05, 0.1) is 5.71 Å². The summed E-state index contributed by atoms with van der Waals surface area (Å²) in [5.41, 5.74) is 2.02. The molecule has 3 aromatic rings. The van der Waals surface area contributed by atoms with E-state index in [1.165, 1.54) is 0 Å². The van der Waals surface area contributed by atoms with Crippen molar-refractivity contribution in [2.45, 2.75) is 20.5 Å². The van der Waals surface area contributed by atoms with E-state index in [-0.39, 0.29) is 12.5 Å². The minimum atomic E-state index is -1.18. The number of urea groups is 1. The van der Waals surface area contributed by atoms with E-state index < -0.39 is 29.1 Å². The molecule has 2 N–H and O–H groups in total. The van der Waals surface area contributed by atoms with Gasteiger partial charge in [0.15, 0.2) is 0 Å². The Morgan fingerprint density at radius 3 is 2.18 bits per heavy atom. The Labute approximate surface area is 200 Å². The topological polar surface area (TPSA) is 79.8 Å². The molecule has 0 atom stereocenters. The molecule has 3 amide bonds. The number of anilines is 1. The molecule has 0 saturated heterocycles. The van der Waals surface area contributed by atoms with Gasteiger partial charge in [-0.05, 0) is 53.4 Å². The zero-order valence-electron chi connectivity index (χ0n) is 18.4. The normalized spacial score (nSPS) is 11.3. The predicted octanol–water partition coefficient (Wildman–Crippen LogP) is 6.16. The van der Waals surface area contributed by atoms with Crippen LogP contribution in [0.4, 0.5) is 19.3 Å². The number of benzene rings is 3. The van der Waals surface area contributed by atoms with Crippen molar-refractivity contribution in [3.05, 3.63) is 100 Å². The number of nitrogens with zero attached hydrogens (tertiary/aromatic N) is 1. The molecule has 0 aliphatic rings. The standard InChI is InChI=1S/C25H22ClF2N3O3/c1-15(2)23(17-8-10-18(26)11-9-17)31-34-14-16-6-12-19(13-7-16)29-25(33)30-24(32)22-20(27)4-3-5-21(22)28/h3-13,15H,14H2,1-2H3,(H2,29,30,32,33)/b31-23-. The van der Waals surface area contributed by atoms with Gasteiger partial charge in [0.1, 0.15) is 23.8 Å². The molecule has 0 radical (unpaired) electrons. The van der Waals surface area contributed by atoms with Crippen molar-refractivity contribution in [3.8, 4) is 0 Å². The summed E-state index contributed by atoms with van der Waals surface area (Å²) >= 11 is 5.94. The van der Waals surface area contributed by atoms with E-state index in [0.717, 1.165) is 35.0 Å². The summed E-state index contributed by atoms with van der Waals surface area (Å²) in [7, 11) is 0. The molecule has 0 saturated carbocycles. The highest BCUT2D eigenvalue weighted by Crippen LogP contribution is 2.16. The first-order valence-electron chi connectivity index (χ1n) is 10.4. The van der Waals surface area contributed by atoms with Gasteiger partial charge in [-0.1, -0.05) is 60.9 Å². The van der Waals surface area contributed by atoms with Crippen molar-refractivity contribution in [2.24, 2.45) is 11.1 Å². The summed E-state index contributed by atoms with van der Waals surface area (Å²) in [5.74, 6) is -3.17. The third-order valence-electron chi connectivity index (χ3n) is 4.71. The van der Waals surface area contributed by atoms with Crippen molar-refractivity contribution >= 4 is 34.9 Å². The van der Waals surface area contributed by atoms with Crippen LogP contribution in [-0.2, 0) is 11.4 Å². The van der Waals surface area contributed by atoms with Gasteiger partial charge >= 0.3 is 6.03 Å². The monoisotopic (exact) mass is 485 g/mol. The van der Waals surface area contributed by atoms with Crippen LogP contribution < -0.4 is 10.6 Å². The van der Waals surface area contributed by atoms with Crippen LogP contribution in [0.5, 0.6) is 0 Å². The molecule has 0 heterocycles. The number of halogens is 3. The number of carbonyl (C=O) groups is 2. The van der Waals surface area contributed by atoms with Crippen molar-refractivity contribution in [1.82, 2.24) is 5.32 Å². The Balaban J connectivity index is 1.56. The summed E-state index contributed by atoms with van der Waals surface area (Å²) in [5, 5.41) is 9.22. The molecule has 0 fully saturated rings. The third kappa shape index (κ3) is 6.62. The van der Waals surface area contributed by atoms with Crippen LogP contribution in [0, 0.1) is 17.6 Å². The second-order valence-corrected chi connectivity index (χ2v) is 8.05. The average molecular weight is 486 g/mol. The highest BCUT2D eigenvalue weighted by atomic mass is 35.5. The van der Waals surface area contributed by atoms with Crippen molar-refractivity contribution < 1.29 is 23.2 Å². The van der Waals surface area contributed by atoms with Crippen molar-refractivity contribution in [3.63, 3.8) is 0 Å². The minimum Gasteiger partial charge on any atom is -0.391 e. The maximum atomic E-state index is 13.7. The minimum absolute atomic E-state index is 0.131. The Kier molecular flexibility index (Phi) is 8.32. The van der Waals surface area contributed by atoms with E-state index >= 15 is 0 Å². The van der Waals surface area contributed by atoms with E-state index in [1.54, 1.807) is 36.4 Å². The molecule has 0 aromatic heterocycles. The van der Waals surface area contributed by atoms with E-state index in [4.69, 9.17) is 16.4 Å². The van der Waals surface area contributed by atoms with Crippen molar-refractivity contribution in [2.75, 3.05) is 5.32 Å². The van der Waals surface area contributed by atoms with Gasteiger partial charge in [-0.25, -0.2) is 13.6 Å². The quantitative estimate of drug-likeness (QED) is 0.311. The molecule has 0 bridgehead atoms. The summed E-state index contributed by atoms with van der Waals surface area (Å²) in [6.07, 6.45) is 0. The molecular weight excluding hydrogens is 464 g/mol. The Morgan fingerprint density at radius 1 is 0.971 bits per heavy atom. The number of rotatable bonds is 7. The van der Waals surface area contributed by atoms with Gasteiger partial charge in [0.25, 0.3) is 5.91 Å². The fourth-order valence-electron chi connectivity index (χ4n) is 3.02. The Bertz CT molecular complexity index is 1180. The van der Waals surface area contributed by atoms with Crippen LogP contribution in [0.2, 0.25) is 5.02 Å². The summed E-state index contributed by atoms with van der Waals surface area (Å²) < 4.78 is 27.3. The first-order chi connectivity index (χ1) is 16.2.